The lowest BCUT2D eigenvalue weighted by Crippen LogP contribution is -2.26. The summed E-state index contributed by atoms with van der Waals surface area (Å²) < 4.78 is 2.09. The molecule has 1 unspecified atom stereocenters. The summed E-state index contributed by atoms with van der Waals surface area (Å²) in [6.45, 7) is 1.76. The second-order valence-electron chi connectivity index (χ2n) is 4.21. The maximum Gasteiger partial charge on any atom is 0.245 e. The van der Waals surface area contributed by atoms with E-state index in [1.165, 1.54) is 0 Å². The third-order valence-corrected chi connectivity index (χ3v) is 6.12. The van der Waals surface area contributed by atoms with Gasteiger partial charge in [0.05, 0.1) is 8.66 Å². The van der Waals surface area contributed by atoms with Gasteiger partial charge in [-0.1, -0.05) is 0 Å². The zero-order valence-corrected chi connectivity index (χ0v) is 13.3. The number of halogens is 2. The van der Waals surface area contributed by atoms with Crippen LogP contribution in [0.25, 0.3) is 10.7 Å². The summed E-state index contributed by atoms with van der Waals surface area (Å²) in [5, 5.41) is 7.24. The lowest BCUT2D eigenvalue weighted by Gasteiger charge is -2.11. The lowest BCUT2D eigenvalue weighted by molar-refractivity contribution is 0.750. The van der Waals surface area contributed by atoms with E-state index in [0.717, 1.165) is 44.4 Å². The fraction of sp³-hybridized carbons (Fsp3) is 0.400. The molecule has 0 amide bonds. The predicted molar refractivity (Wildman–Crippen MR) is 79.9 cm³/mol. The van der Waals surface area contributed by atoms with Crippen LogP contribution in [0.5, 0.6) is 0 Å². The molecule has 0 bridgehead atoms. The van der Waals surface area contributed by atoms with Gasteiger partial charge in [-0.05, 0) is 44.3 Å². The van der Waals surface area contributed by atoms with Gasteiger partial charge in [-0.25, -0.2) is 0 Å². The molecule has 1 atom stereocenters. The second-order valence-corrected chi connectivity index (χ2v) is 7.44. The van der Waals surface area contributed by atoms with Gasteiger partial charge in [0.1, 0.15) is 0 Å². The Labute approximate surface area is 125 Å². The first-order valence-corrected chi connectivity index (χ1v) is 7.92. The van der Waals surface area contributed by atoms with Crippen LogP contribution in [0.4, 0.5) is 5.95 Å². The van der Waals surface area contributed by atoms with Gasteiger partial charge in [-0.2, -0.15) is 4.98 Å². The van der Waals surface area contributed by atoms with Crippen molar-refractivity contribution >= 4 is 49.1 Å². The lowest BCUT2D eigenvalue weighted by atomic mass is 10.3. The number of H-pyrrole nitrogens is 1. The monoisotopic (exact) mass is 391 g/mol. The van der Waals surface area contributed by atoms with E-state index in [-0.39, 0.29) is 6.04 Å². The molecule has 1 saturated heterocycles. The molecule has 0 radical (unpaired) electrons. The van der Waals surface area contributed by atoms with E-state index < -0.39 is 0 Å². The average Bonchev–Trinajstić information content (AvgIpc) is 3.00. The molecule has 0 aliphatic carbocycles. The zero-order chi connectivity index (χ0) is 12.7. The third-order valence-electron chi connectivity index (χ3n) is 2.86. The largest absolute Gasteiger partial charge is 0.338 e. The van der Waals surface area contributed by atoms with Crippen molar-refractivity contribution in [2.75, 3.05) is 18.0 Å². The Morgan fingerprint density at radius 1 is 1.50 bits per heavy atom. The molecular formula is C10H11Br2N5S. The van der Waals surface area contributed by atoms with Crippen LogP contribution in [0.3, 0.4) is 0 Å². The number of hydrogen-bond donors (Lipinski definition) is 2. The molecule has 2 aromatic rings. The summed E-state index contributed by atoms with van der Waals surface area (Å²) in [7, 11) is 0. The number of aromatic amines is 1. The topological polar surface area (TPSA) is 70.8 Å². The predicted octanol–water partition coefficient (Wildman–Crippen LogP) is 2.60. The van der Waals surface area contributed by atoms with Crippen molar-refractivity contribution in [3.63, 3.8) is 0 Å². The molecule has 1 aliphatic heterocycles. The minimum atomic E-state index is 0.233. The van der Waals surface area contributed by atoms with Crippen molar-refractivity contribution in [1.29, 1.82) is 0 Å². The number of thiophene rings is 1. The molecule has 18 heavy (non-hydrogen) atoms. The van der Waals surface area contributed by atoms with Gasteiger partial charge in [-0.3, -0.25) is 5.10 Å². The van der Waals surface area contributed by atoms with Crippen molar-refractivity contribution in [1.82, 2.24) is 15.2 Å². The SMILES string of the molecule is NC1CCN(c2n[nH]c(-c3cc(Br)c(Br)s3)n2)C1. The van der Waals surface area contributed by atoms with E-state index in [0.29, 0.717) is 0 Å². The fourth-order valence-corrected chi connectivity index (χ4v) is 3.91. The van der Waals surface area contributed by atoms with Gasteiger partial charge < -0.3 is 10.6 Å². The number of nitrogens with two attached hydrogens (primary N) is 1. The first-order valence-electron chi connectivity index (χ1n) is 5.51. The Morgan fingerprint density at radius 2 is 2.33 bits per heavy atom. The number of nitrogens with one attached hydrogen (secondary N) is 1. The van der Waals surface area contributed by atoms with Gasteiger partial charge in [0.15, 0.2) is 5.82 Å². The van der Waals surface area contributed by atoms with Crippen LogP contribution >= 0.6 is 43.2 Å². The molecule has 3 rings (SSSR count). The highest BCUT2D eigenvalue weighted by Crippen LogP contribution is 2.37. The summed E-state index contributed by atoms with van der Waals surface area (Å²) in [6.07, 6.45) is 1.000. The Bertz CT molecular complexity index is 547. The molecule has 5 nitrogen and oxygen atoms in total. The van der Waals surface area contributed by atoms with Crippen LogP contribution in [0.15, 0.2) is 14.3 Å². The molecule has 0 aromatic carbocycles. The molecule has 1 fully saturated rings. The van der Waals surface area contributed by atoms with Crippen LogP contribution < -0.4 is 10.6 Å². The highest BCUT2D eigenvalue weighted by molar-refractivity contribution is 9.13. The fourth-order valence-electron chi connectivity index (χ4n) is 1.94. The zero-order valence-electron chi connectivity index (χ0n) is 9.36. The van der Waals surface area contributed by atoms with Gasteiger partial charge in [0.2, 0.25) is 5.95 Å². The first kappa shape index (κ1) is 12.6. The van der Waals surface area contributed by atoms with E-state index in [1.54, 1.807) is 11.3 Å². The van der Waals surface area contributed by atoms with Crippen molar-refractivity contribution in [2.45, 2.75) is 12.5 Å². The molecule has 1 aliphatic rings. The van der Waals surface area contributed by atoms with E-state index in [4.69, 9.17) is 5.73 Å². The molecule has 96 valence electrons. The molecule has 0 saturated carbocycles. The van der Waals surface area contributed by atoms with Crippen LogP contribution in [0.1, 0.15) is 6.42 Å². The number of nitrogens with zero attached hydrogens (tertiary/aromatic N) is 3. The van der Waals surface area contributed by atoms with Gasteiger partial charge in [-0.15, -0.1) is 16.4 Å². The number of aromatic nitrogens is 3. The highest BCUT2D eigenvalue weighted by atomic mass is 79.9. The normalized spacial score (nSPS) is 19.7. The summed E-state index contributed by atoms with van der Waals surface area (Å²) in [6, 6.07) is 2.26. The molecule has 3 heterocycles. The van der Waals surface area contributed by atoms with Gasteiger partial charge in [0.25, 0.3) is 0 Å². The Balaban J connectivity index is 1.85. The highest BCUT2D eigenvalue weighted by Gasteiger charge is 2.23. The molecule has 8 heteroatoms. The van der Waals surface area contributed by atoms with Crippen LogP contribution in [0.2, 0.25) is 0 Å². The third kappa shape index (κ3) is 2.34. The van der Waals surface area contributed by atoms with E-state index in [9.17, 15) is 0 Å². The smallest absolute Gasteiger partial charge is 0.245 e. The second kappa shape index (κ2) is 4.92. The first-order chi connectivity index (χ1) is 8.63. The summed E-state index contributed by atoms with van der Waals surface area (Å²) in [4.78, 5) is 7.69. The minimum absolute atomic E-state index is 0.233. The summed E-state index contributed by atoms with van der Waals surface area (Å²) in [5.74, 6) is 1.53. The van der Waals surface area contributed by atoms with Crippen LogP contribution in [-0.4, -0.2) is 34.3 Å². The Hall–Kier alpha value is -0.440. The Morgan fingerprint density at radius 3 is 2.94 bits per heavy atom. The minimum Gasteiger partial charge on any atom is -0.338 e. The van der Waals surface area contributed by atoms with Crippen molar-refractivity contribution in [3.8, 4) is 10.7 Å². The van der Waals surface area contributed by atoms with Gasteiger partial charge in [0, 0.05) is 23.6 Å². The number of hydrogen-bond acceptors (Lipinski definition) is 5. The van der Waals surface area contributed by atoms with Crippen LogP contribution in [-0.2, 0) is 0 Å². The maximum absolute atomic E-state index is 5.89. The average molecular weight is 393 g/mol. The Kier molecular flexibility index (Phi) is 3.44. The standard InChI is InChI=1S/C10H11Br2N5S/c11-6-3-7(18-8(6)12)9-14-10(16-15-9)17-2-1-5(13)4-17/h3,5H,1-2,4,13H2,(H,14,15,16). The number of anilines is 1. The molecular weight excluding hydrogens is 382 g/mol. The maximum atomic E-state index is 5.89. The number of rotatable bonds is 2. The molecule has 0 spiro atoms. The van der Waals surface area contributed by atoms with Gasteiger partial charge >= 0.3 is 0 Å². The summed E-state index contributed by atoms with van der Waals surface area (Å²) in [5.41, 5.74) is 5.89. The van der Waals surface area contributed by atoms with Crippen molar-refractivity contribution < 1.29 is 0 Å². The van der Waals surface area contributed by atoms with Crippen molar-refractivity contribution in [3.05, 3.63) is 14.3 Å². The summed E-state index contributed by atoms with van der Waals surface area (Å²) >= 11 is 8.56. The quantitative estimate of drug-likeness (QED) is 0.823. The van der Waals surface area contributed by atoms with E-state index in [2.05, 4.69) is 51.9 Å². The van der Waals surface area contributed by atoms with Crippen molar-refractivity contribution in [2.24, 2.45) is 5.73 Å². The van der Waals surface area contributed by atoms with Crippen LogP contribution in [0, 0.1) is 0 Å². The van der Waals surface area contributed by atoms with E-state index >= 15 is 0 Å². The molecule has 2 aromatic heterocycles. The molecule has 3 N–H and O–H groups in total. The van der Waals surface area contributed by atoms with E-state index in [1.807, 2.05) is 6.07 Å².